The van der Waals surface area contributed by atoms with Gasteiger partial charge in [-0.2, -0.15) is 5.10 Å². The van der Waals surface area contributed by atoms with Gasteiger partial charge in [-0.3, -0.25) is 4.79 Å². The van der Waals surface area contributed by atoms with Crippen LogP contribution in [-0.4, -0.2) is 38.2 Å². The van der Waals surface area contributed by atoms with E-state index in [0.29, 0.717) is 0 Å². The lowest BCUT2D eigenvalue weighted by molar-refractivity contribution is 0.0650. The number of carbonyl (C=O) groups is 2. The molecule has 1 atom stereocenters. The van der Waals surface area contributed by atoms with Crippen LogP contribution < -0.4 is 4.74 Å². The summed E-state index contributed by atoms with van der Waals surface area (Å²) in [7, 11) is 0. The molecular formula is C27H22FN3O4. The SMILES string of the molecule is O=C(O)c1nn2c(c1OCc1ccccc1)C(=O)N(Cc1ccc(F)cc1)CC2c1ccccc1. The van der Waals surface area contributed by atoms with Crippen LogP contribution in [0.2, 0.25) is 0 Å². The Kier molecular flexibility index (Phi) is 6.01. The molecule has 176 valence electrons. The molecule has 3 aromatic carbocycles. The highest BCUT2D eigenvalue weighted by Gasteiger charge is 2.39. The molecule has 7 nitrogen and oxygen atoms in total. The first-order valence-electron chi connectivity index (χ1n) is 11.1. The summed E-state index contributed by atoms with van der Waals surface area (Å²) in [6.07, 6.45) is 0. The van der Waals surface area contributed by atoms with Crippen molar-refractivity contribution < 1.29 is 23.8 Å². The van der Waals surface area contributed by atoms with E-state index in [1.54, 1.807) is 17.0 Å². The molecule has 0 spiro atoms. The smallest absolute Gasteiger partial charge is 0.360 e. The number of ether oxygens (including phenoxy) is 1. The van der Waals surface area contributed by atoms with Crippen molar-refractivity contribution >= 4 is 11.9 Å². The van der Waals surface area contributed by atoms with E-state index in [1.807, 2.05) is 60.7 Å². The van der Waals surface area contributed by atoms with Gasteiger partial charge in [0.1, 0.15) is 12.4 Å². The number of hydrogen-bond donors (Lipinski definition) is 1. The van der Waals surface area contributed by atoms with Crippen LogP contribution in [0.25, 0.3) is 0 Å². The molecule has 0 radical (unpaired) electrons. The van der Waals surface area contributed by atoms with E-state index >= 15 is 0 Å². The molecule has 1 aromatic heterocycles. The molecule has 0 fully saturated rings. The molecule has 2 heterocycles. The standard InChI is InChI=1S/C27H22FN3O4/c28-21-13-11-18(12-14-21)15-30-16-22(20-9-5-2-6-10-20)31-24(26(30)32)25(23(29-31)27(33)34)35-17-19-7-3-1-4-8-19/h1-14,22H,15-17H2,(H,33,34). The van der Waals surface area contributed by atoms with Crippen LogP contribution in [-0.2, 0) is 13.2 Å². The Labute approximate surface area is 201 Å². The number of amides is 1. The average Bonchev–Trinajstić information content (AvgIpc) is 3.27. The van der Waals surface area contributed by atoms with Crippen molar-refractivity contribution in [2.45, 2.75) is 19.2 Å². The summed E-state index contributed by atoms with van der Waals surface area (Å²) in [5, 5.41) is 14.2. The third-order valence-electron chi connectivity index (χ3n) is 5.94. The lowest BCUT2D eigenvalue weighted by atomic mass is 10.0. The predicted molar refractivity (Wildman–Crippen MR) is 126 cm³/mol. The average molecular weight is 471 g/mol. The van der Waals surface area contributed by atoms with E-state index in [-0.39, 0.29) is 42.7 Å². The zero-order chi connectivity index (χ0) is 24.4. The summed E-state index contributed by atoms with van der Waals surface area (Å²) >= 11 is 0. The maximum absolute atomic E-state index is 13.7. The van der Waals surface area contributed by atoms with E-state index in [4.69, 9.17) is 4.74 Å². The van der Waals surface area contributed by atoms with Crippen LogP contribution in [0.1, 0.15) is 43.7 Å². The Morgan fingerprint density at radius 1 is 0.971 bits per heavy atom. The first-order chi connectivity index (χ1) is 17.0. The molecule has 0 saturated heterocycles. The predicted octanol–water partition coefficient (Wildman–Crippen LogP) is 4.54. The molecule has 0 saturated carbocycles. The van der Waals surface area contributed by atoms with E-state index in [9.17, 15) is 19.1 Å². The Morgan fingerprint density at radius 2 is 1.63 bits per heavy atom. The summed E-state index contributed by atoms with van der Waals surface area (Å²) in [6, 6.07) is 24.3. The number of halogens is 1. The van der Waals surface area contributed by atoms with E-state index < -0.39 is 17.9 Å². The van der Waals surface area contributed by atoms with Gasteiger partial charge in [0, 0.05) is 13.1 Å². The highest BCUT2D eigenvalue weighted by Crippen LogP contribution is 2.35. The van der Waals surface area contributed by atoms with Gasteiger partial charge < -0.3 is 14.7 Å². The second kappa shape index (κ2) is 9.42. The summed E-state index contributed by atoms with van der Waals surface area (Å²) < 4.78 is 20.8. The number of nitrogens with zero attached hydrogens (tertiary/aromatic N) is 3. The first kappa shape index (κ1) is 22.3. The van der Waals surface area contributed by atoms with Gasteiger partial charge in [0.2, 0.25) is 5.69 Å². The molecule has 35 heavy (non-hydrogen) atoms. The quantitative estimate of drug-likeness (QED) is 0.428. The van der Waals surface area contributed by atoms with Gasteiger partial charge in [0.05, 0.1) is 6.04 Å². The third-order valence-corrected chi connectivity index (χ3v) is 5.94. The van der Waals surface area contributed by atoms with Crippen LogP contribution in [0.4, 0.5) is 4.39 Å². The van der Waals surface area contributed by atoms with Gasteiger partial charge in [-0.25, -0.2) is 13.9 Å². The lowest BCUT2D eigenvalue weighted by Gasteiger charge is -2.34. The number of hydrogen-bond acceptors (Lipinski definition) is 4. The Hall–Kier alpha value is -4.46. The fourth-order valence-corrected chi connectivity index (χ4v) is 4.23. The highest BCUT2D eigenvalue weighted by atomic mass is 19.1. The topological polar surface area (TPSA) is 84.7 Å². The molecule has 5 rings (SSSR count). The van der Waals surface area contributed by atoms with Crippen LogP contribution in [0.5, 0.6) is 5.75 Å². The largest absolute Gasteiger partial charge is 0.484 e. The van der Waals surface area contributed by atoms with E-state index in [2.05, 4.69) is 5.10 Å². The number of aromatic carboxylic acids is 1. The maximum atomic E-state index is 13.7. The summed E-state index contributed by atoms with van der Waals surface area (Å²) in [4.78, 5) is 27.4. The number of carboxylic acid groups (broad SMARTS) is 1. The van der Waals surface area contributed by atoms with Gasteiger partial charge in [-0.1, -0.05) is 72.8 Å². The number of carboxylic acids is 1. The van der Waals surface area contributed by atoms with Crippen molar-refractivity contribution in [1.82, 2.24) is 14.7 Å². The Balaban J connectivity index is 1.58. The van der Waals surface area contributed by atoms with Crippen molar-refractivity contribution in [3.63, 3.8) is 0 Å². The Bertz CT molecular complexity index is 1350. The molecule has 1 amide bonds. The molecule has 1 aliphatic rings. The molecule has 0 bridgehead atoms. The fourth-order valence-electron chi connectivity index (χ4n) is 4.23. The normalized spacial score (nSPS) is 15.1. The van der Waals surface area contributed by atoms with Crippen LogP contribution >= 0.6 is 0 Å². The van der Waals surface area contributed by atoms with Crippen LogP contribution in [0.15, 0.2) is 84.9 Å². The number of aromatic nitrogens is 2. The minimum atomic E-state index is -1.28. The molecule has 1 unspecified atom stereocenters. The van der Waals surface area contributed by atoms with Crippen molar-refractivity contribution in [3.05, 3.63) is 119 Å². The van der Waals surface area contributed by atoms with Crippen molar-refractivity contribution in [2.24, 2.45) is 0 Å². The maximum Gasteiger partial charge on any atom is 0.360 e. The van der Waals surface area contributed by atoms with Gasteiger partial charge in [-0.05, 0) is 28.8 Å². The van der Waals surface area contributed by atoms with Gasteiger partial charge >= 0.3 is 5.97 Å². The third kappa shape index (κ3) is 4.50. The number of rotatable bonds is 7. The minimum Gasteiger partial charge on any atom is -0.484 e. The lowest BCUT2D eigenvalue weighted by Crippen LogP contribution is -2.43. The minimum absolute atomic E-state index is 0.0592. The van der Waals surface area contributed by atoms with Crippen molar-refractivity contribution in [2.75, 3.05) is 6.54 Å². The zero-order valence-corrected chi connectivity index (χ0v) is 18.7. The molecule has 4 aromatic rings. The van der Waals surface area contributed by atoms with Gasteiger partial charge in [-0.15, -0.1) is 0 Å². The molecule has 0 aliphatic carbocycles. The van der Waals surface area contributed by atoms with Crippen LogP contribution in [0, 0.1) is 5.82 Å². The van der Waals surface area contributed by atoms with Crippen molar-refractivity contribution in [3.8, 4) is 5.75 Å². The zero-order valence-electron chi connectivity index (χ0n) is 18.7. The van der Waals surface area contributed by atoms with Crippen molar-refractivity contribution in [1.29, 1.82) is 0 Å². The number of carbonyl (C=O) groups excluding carboxylic acids is 1. The molecule has 1 aliphatic heterocycles. The second-order valence-electron chi connectivity index (χ2n) is 8.29. The number of fused-ring (bicyclic) bond motifs is 1. The van der Waals surface area contributed by atoms with E-state index in [0.717, 1.165) is 16.7 Å². The molecule has 1 N–H and O–H groups in total. The highest BCUT2D eigenvalue weighted by molar-refractivity contribution is 6.00. The summed E-state index contributed by atoms with van der Waals surface area (Å²) in [5.74, 6) is -2.10. The van der Waals surface area contributed by atoms with Gasteiger partial charge in [0.15, 0.2) is 11.4 Å². The molecular weight excluding hydrogens is 449 g/mol. The summed E-state index contributed by atoms with van der Waals surface area (Å²) in [5.41, 5.74) is 2.23. The van der Waals surface area contributed by atoms with Crippen LogP contribution in [0.3, 0.4) is 0 Å². The fraction of sp³-hybridized carbons (Fsp3) is 0.148. The first-order valence-corrected chi connectivity index (χ1v) is 11.1. The van der Waals surface area contributed by atoms with E-state index in [1.165, 1.54) is 16.8 Å². The summed E-state index contributed by atoms with van der Waals surface area (Å²) in [6.45, 7) is 0.585. The van der Waals surface area contributed by atoms with Gasteiger partial charge in [0.25, 0.3) is 5.91 Å². The molecule has 8 heteroatoms. The number of benzene rings is 3. The second-order valence-corrected chi connectivity index (χ2v) is 8.29. The monoisotopic (exact) mass is 471 g/mol. The Morgan fingerprint density at radius 3 is 2.29 bits per heavy atom.